The van der Waals surface area contributed by atoms with Crippen molar-refractivity contribution in [2.45, 2.75) is 26.9 Å². The molecule has 0 amide bonds. The fourth-order valence-corrected chi connectivity index (χ4v) is 3.57. The van der Waals surface area contributed by atoms with Crippen LogP contribution in [-0.2, 0) is 13.1 Å². The van der Waals surface area contributed by atoms with Gasteiger partial charge in [0.1, 0.15) is 5.56 Å². The zero-order valence-electron chi connectivity index (χ0n) is 16.0. The number of hydrogen-bond donors (Lipinski definition) is 3. The van der Waals surface area contributed by atoms with Gasteiger partial charge in [-0.3, -0.25) is 9.48 Å². The highest BCUT2D eigenvalue weighted by Crippen LogP contribution is 2.30. The van der Waals surface area contributed by atoms with E-state index in [4.69, 9.17) is 28.4 Å². The number of quaternary nitrogens is 1. The molecule has 3 rings (SSSR count). The van der Waals surface area contributed by atoms with Crippen LogP contribution < -0.4 is 10.7 Å². The summed E-state index contributed by atoms with van der Waals surface area (Å²) in [6.45, 7) is 3.92. The van der Waals surface area contributed by atoms with Gasteiger partial charge in [-0.2, -0.15) is 5.23 Å². The Labute approximate surface area is 180 Å². The van der Waals surface area contributed by atoms with Gasteiger partial charge in [-0.05, 0) is 26.0 Å². The lowest BCUT2D eigenvalue weighted by Gasteiger charge is -2.20. The molecule has 0 spiro atoms. The zero-order valence-corrected chi connectivity index (χ0v) is 17.5. The molecule has 0 aliphatic rings. The first kappa shape index (κ1) is 22.0. The molecule has 0 radical (unpaired) electrons. The second-order valence-electron chi connectivity index (χ2n) is 6.54. The summed E-state index contributed by atoms with van der Waals surface area (Å²) in [6.07, 6.45) is 0. The topological polar surface area (TPSA) is 125 Å². The van der Waals surface area contributed by atoms with Gasteiger partial charge in [0.15, 0.2) is 5.43 Å². The molecule has 9 nitrogen and oxygen atoms in total. The number of carboxylic acids is 1. The van der Waals surface area contributed by atoms with Crippen molar-refractivity contribution in [1.29, 1.82) is 0 Å². The molecule has 30 heavy (non-hydrogen) atoms. The molecule has 0 saturated carbocycles. The molecule has 0 bridgehead atoms. The maximum atomic E-state index is 12.7. The van der Waals surface area contributed by atoms with Crippen LogP contribution in [0.2, 0.25) is 10.0 Å². The van der Waals surface area contributed by atoms with Crippen LogP contribution in [0.25, 0.3) is 11.3 Å². The number of benzene rings is 1. The van der Waals surface area contributed by atoms with E-state index in [0.29, 0.717) is 28.5 Å². The van der Waals surface area contributed by atoms with Gasteiger partial charge in [0.2, 0.25) is 0 Å². The van der Waals surface area contributed by atoms with Gasteiger partial charge in [0, 0.05) is 35.6 Å². The number of carboxylic acid groups (broad SMARTS) is 1. The van der Waals surface area contributed by atoms with Crippen LogP contribution in [0.1, 0.15) is 28.7 Å². The SMILES string of the molecule is CCn1c(Cn2nc([NH+]([O-])O)cc2C)cc(=O)c(C(=O)O)c1-c1ccc(Cl)c(Cl)c1. The smallest absolute Gasteiger partial charge is 0.341 e. The summed E-state index contributed by atoms with van der Waals surface area (Å²) < 4.78 is 3.12. The van der Waals surface area contributed by atoms with Crippen molar-refractivity contribution >= 4 is 35.0 Å². The molecule has 11 heteroatoms. The summed E-state index contributed by atoms with van der Waals surface area (Å²) in [4.78, 5) is 24.6. The van der Waals surface area contributed by atoms with Crippen molar-refractivity contribution in [3.63, 3.8) is 0 Å². The molecule has 1 atom stereocenters. The van der Waals surface area contributed by atoms with E-state index < -0.39 is 16.6 Å². The lowest BCUT2D eigenvalue weighted by molar-refractivity contribution is -0.993. The molecule has 0 saturated heterocycles. The molecule has 1 aromatic carbocycles. The summed E-state index contributed by atoms with van der Waals surface area (Å²) in [5, 5.41) is 33.4. The maximum absolute atomic E-state index is 12.7. The van der Waals surface area contributed by atoms with Crippen LogP contribution in [-0.4, -0.2) is 30.6 Å². The first-order valence-electron chi connectivity index (χ1n) is 8.87. The summed E-state index contributed by atoms with van der Waals surface area (Å²) in [5.41, 5.74) is 0.604. The molecule has 158 valence electrons. The van der Waals surface area contributed by atoms with Crippen molar-refractivity contribution < 1.29 is 20.3 Å². The van der Waals surface area contributed by atoms with E-state index in [-0.39, 0.29) is 28.6 Å². The minimum Gasteiger partial charge on any atom is -0.594 e. The maximum Gasteiger partial charge on any atom is 0.341 e. The molecule has 0 aliphatic carbocycles. The quantitative estimate of drug-likeness (QED) is 0.493. The van der Waals surface area contributed by atoms with Crippen LogP contribution in [0.5, 0.6) is 0 Å². The Morgan fingerprint density at radius 1 is 1.23 bits per heavy atom. The van der Waals surface area contributed by atoms with Crippen molar-refractivity contribution in [3.8, 4) is 11.3 Å². The Bertz CT molecular complexity index is 1190. The second kappa shape index (κ2) is 8.58. The standard InChI is InChI=1S/C19H18Cl2N4O5/c1-3-23-12(9-24-10(2)6-16(22-24)25(29)30)8-15(26)17(19(27)28)18(23)11-4-5-13(20)14(21)7-11/h4-8,25,29H,3,9H2,1-2H3,(H,27,28). The van der Waals surface area contributed by atoms with Gasteiger partial charge in [-0.25, -0.2) is 10.0 Å². The molecule has 0 aliphatic heterocycles. The van der Waals surface area contributed by atoms with Crippen LogP contribution in [0, 0.1) is 12.1 Å². The summed E-state index contributed by atoms with van der Waals surface area (Å²) >= 11 is 12.1. The van der Waals surface area contributed by atoms with Crippen molar-refractivity contribution in [2.75, 3.05) is 0 Å². The number of nitrogens with zero attached hydrogens (tertiary/aromatic N) is 3. The van der Waals surface area contributed by atoms with E-state index in [1.807, 2.05) is 0 Å². The van der Waals surface area contributed by atoms with Crippen LogP contribution in [0.3, 0.4) is 0 Å². The lowest BCUT2D eigenvalue weighted by atomic mass is 10.0. The number of nitrogens with one attached hydrogen (secondary N) is 1. The Morgan fingerprint density at radius 3 is 2.47 bits per heavy atom. The van der Waals surface area contributed by atoms with E-state index in [0.717, 1.165) is 0 Å². The predicted octanol–water partition coefficient (Wildman–Crippen LogP) is 2.50. The highest BCUT2D eigenvalue weighted by atomic mass is 35.5. The van der Waals surface area contributed by atoms with Gasteiger partial charge >= 0.3 is 5.97 Å². The third kappa shape index (κ3) is 4.11. The van der Waals surface area contributed by atoms with Crippen molar-refractivity contribution in [1.82, 2.24) is 14.3 Å². The number of pyridine rings is 1. The monoisotopic (exact) mass is 452 g/mol. The fraction of sp³-hybridized carbons (Fsp3) is 0.211. The number of aromatic carboxylic acids is 1. The first-order valence-corrected chi connectivity index (χ1v) is 9.62. The second-order valence-corrected chi connectivity index (χ2v) is 7.35. The average Bonchev–Trinajstić information content (AvgIpc) is 3.04. The third-order valence-corrected chi connectivity index (χ3v) is 5.37. The number of aryl methyl sites for hydroxylation is 1. The number of halogens is 2. The Balaban J connectivity index is 2.25. The minimum absolute atomic E-state index is 0.0798. The number of carbonyl (C=O) groups is 1. The van der Waals surface area contributed by atoms with Crippen LogP contribution in [0.4, 0.5) is 5.82 Å². The molecule has 3 N–H and O–H groups in total. The number of rotatable bonds is 6. The molecular formula is C19H18Cl2N4O5. The summed E-state index contributed by atoms with van der Waals surface area (Å²) in [6, 6.07) is 7.27. The largest absolute Gasteiger partial charge is 0.594 e. The molecule has 0 fully saturated rings. The lowest BCUT2D eigenvalue weighted by Crippen LogP contribution is -2.99. The van der Waals surface area contributed by atoms with E-state index in [2.05, 4.69) is 5.10 Å². The molecule has 1 unspecified atom stereocenters. The molecule has 2 aromatic heterocycles. The van der Waals surface area contributed by atoms with E-state index in [9.17, 15) is 19.9 Å². The first-order chi connectivity index (χ1) is 14.1. The normalized spacial score (nSPS) is 12.2. The van der Waals surface area contributed by atoms with Crippen molar-refractivity contribution in [2.24, 2.45) is 0 Å². The van der Waals surface area contributed by atoms with Gasteiger partial charge in [-0.15, -0.1) is 5.10 Å². The Kier molecular flexibility index (Phi) is 6.30. The highest BCUT2D eigenvalue weighted by Gasteiger charge is 2.23. The third-order valence-electron chi connectivity index (χ3n) is 4.63. The highest BCUT2D eigenvalue weighted by molar-refractivity contribution is 6.42. The minimum atomic E-state index is -1.36. The molecule has 3 aromatic rings. The summed E-state index contributed by atoms with van der Waals surface area (Å²) in [7, 11) is 0. The van der Waals surface area contributed by atoms with Gasteiger partial charge in [0.25, 0.3) is 5.82 Å². The van der Waals surface area contributed by atoms with Gasteiger partial charge in [0.05, 0.1) is 22.3 Å². The van der Waals surface area contributed by atoms with E-state index in [1.54, 1.807) is 24.5 Å². The van der Waals surface area contributed by atoms with Gasteiger partial charge in [-0.1, -0.05) is 29.3 Å². The van der Waals surface area contributed by atoms with Crippen LogP contribution >= 0.6 is 23.2 Å². The van der Waals surface area contributed by atoms with Crippen LogP contribution in [0.15, 0.2) is 35.1 Å². The Hall–Kier alpha value is -2.69. The Morgan fingerprint density at radius 2 is 1.93 bits per heavy atom. The van der Waals surface area contributed by atoms with E-state index >= 15 is 0 Å². The fourth-order valence-electron chi connectivity index (χ4n) is 3.27. The zero-order chi connectivity index (χ0) is 22.2. The van der Waals surface area contributed by atoms with Crippen molar-refractivity contribution in [3.05, 3.63) is 72.8 Å². The van der Waals surface area contributed by atoms with E-state index in [1.165, 1.54) is 28.9 Å². The number of hydrogen-bond acceptors (Lipinski definition) is 5. The predicted molar refractivity (Wildman–Crippen MR) is 111 cm³/mol. The molecule has 2 heterocycles. The van der Waals surface area contributed by atoms with Gasteiger partial charge < -0.3 is 14.9 Å². The summed E-state index contributed by atoms with van der Waals surface area (Å²) in [5.74, 6) is -1.48. The number of aromatic nitrogens is 3. The molecular weight excluding hydrogens is 435 g/mol. The average molecular weight is 453 g/mol.